The fraction of sp³-hybridized carbons (Fsp3) is 0. The maximum atomic E-state index is 12.2. The Morgan fingerprint density at radius 3 is 2.86 bits per heavy atom. The highest BCUT2D eigenvalue weighted by atomic mass is 16.3. The van der Waals surface area contributed by atoms with Gasteiger partial charge < -0.3 is 4.42 Å². The highest BCUT2D eigenvalue weighted by Gasteiger charge is 2.15. The van der Waals surface area contributed by atoms with Crippen LogP contribution in [0, 0.1) is 0 Å². The first-order chi connectivity index (χ1) is 10.3. The topological polar surface area (TPSA) is 72.4 Å². The average molecular weight is 278 g/mol. The first kappa shape index (κ1) is 11.7. The molecule has 102 valence electrons. The molecular weight excluding hydrogens is 268 g/mol. The van der Waals surface area contributed by atoms with Crippen LogP contribution in [0.4, 0.5) is 5.95 Å². The molecule has 0 aliphatic heterocycles. The maximum absolute atomic E-state index is 12.2. The number of benzene rings is 1. The van der Waals surface area contributed by atoms with Gasteiger partial charge in [0.2, 0.25) is 5.95 Å². The van der Waals surface area contributed by atoms with Crippen LogP contribution in [-0.4, -0.2) is 20.5 Å². The predicted octanol–water partition coefficient (Wildman–Crippen LogP) is 2.73. The summed E-state index contributed by atoms with van der Waals surface area (Å²) in [7, 11) is 0. The number of pyridine rings is 1. The van der Waals surface area contributed by atoms with Crippen molar-refractivity contribution in [2.24, 2.45) is 0 Å². The number of furan rings is 1. The van der Waals surface area contributed by atoms with Gasteiger partial charge in [0.15, 0.2) is 11.4 Å². The smallest absolute Gasteiger partial charge is 0.293 e. The number of carbonyl (C=O) groups is 1. The molecule has 4 rings (SSSR count). The van der Waals surface area contributed by atoms with E-state index in [1.807, 2.05) is 42.5 Å². The molecule has 21 heavy (non-hydrogen) atoms. The van der Waals surface area contributed by atoms with Crippen molar-refractivity contribution in [3.63, 3.8) is 0 Å². The van der Waals surface area contributed by atoms with Gasteiger partial charge in [0.25, 0.3) is 5.91 Å². The lowest BCUT2D eigenvalue weighted by Gasteiger charge is -2.00. The minimum absolute atomic E-state index is 0.240. The quantitative estimate of drug-likeness (QED) is 0.612. The Labute approximate surface area is 119 Å². The van der Waals surface area contributed by atoms with Crippen LogP contribution >= 0.6 is 0 Å². The summed E-state index contributed by atoms with van der Waals surface area (Å²) in [5.74, 6) is 0.240. The van der Waals surface area contributed by atoms with Gasteiger partial charge in [-0.2, -0.15) is 0 Å². The van der Waals surface area contributed by atoms with E-state index in [1.165, 1.54) is 0 Å². The first-order valence-electron chi connectivity index (χ1n) is 6.41. The van der Waals surface area contributed by atoms with Gasteiger partial charge >= 0.3 is 0 Å². The average Bonchev–Trinajstić information content (AvgIpc) is 3.11. The van der Waals surface area contributed by atoms with Crippen molar-refractivity contribution < 1.29 is 9.21 Å². The zero-order valence-electron chi connectivity index (χ0n) is 10.9. The van der Waals surface area contributed by atoms with Crippen molar-refractivity contribution in [2.45, 2.75) is 0 Å². The molecule has 6 nitrogen and oxygen atoms in total. The highest BCUT2D eigenvalue weighted by Crippen LogP contribution is 2.19. The number of nitrogens with zero attached hydrogens (tertiary/aromatic N) is 3. The number of aromatic nitrogens is 3. The minimum atomic E-state index is -0.357. The molecule has 4 aromatic rings. The molecule has 0 atom stereocenters. The molecule has 1 N–H and O–H groups in total. The number of rotatable bonds is 2. The Balaban J connectivity index is 1.69. The summed E-state index contributed by atoms with van der Waals surface area (Å²) in [4.78, 5) is 12.2. The van der Waals surface area contributed by atoms with E-state index < -0.39 is 0 Å². The summed E-state index contributed by atoms with van der Waals surface area (Å²) < 4.78 is 7.22. The normalized spacial score (nSPS) is 11.0. The molecule has 3 aromatic heterocycles. The zero-order valence-corrected chi connectivity index (χ0v) is 10.9. The molecule has 0 saturated carbocycles. The van der Waals surface area contributed by atoms with Crippen molar-refractivity contribution >= 4 is 28.5 Å². The number of hydrogen-bond acceptors (Lipinski definition) is 4. The lowest BCUT2D eigenvalue weighted by molar-refractivity contribution is 0.0997. The Hall–Kier alpha value is -3.15. The van der Waals surface area contributed by atoms with Crippen LogP contribution in [-0.2, 0) is 0 Å². The fourth-order valence-electron chi connectivity index (χ4n) is 2.18. The van der Waals surface area contributed by atoms with Gasteiger partial charge in [-0.15, -0.1) is 10.2 Å². The molecule has 0 unspecified atom stereocenters. The van der Waals surface area contributed by atoms with E-state index in [0.29, 0.717) is 17.2 Å². The van der Waals surface area contributed by atoms with Gasteiger partial charge in [0, 0.05) is 11.6 Å². The van der Waals surface area contributed by atoms with Crippen molar-refractivity contribution in [3.05, 3.63) is 60.5 Å². The van der Waals surface area contributed by atoms with Crippen LogP contribution in [0.15, 0.2) is 59.1 Å². The van der Waals surface area contributed by atoms with Gasteiger partial charge in [0.1, 0.15) is 5.58 Å². The summed E-state index contributed by atoms with van der Waals surface area (Å²) in [6, 6.07) is 14.7. The third-order valence-electron chi connectivity index (χ3n) is 3.19. The van der Waals surface area contributed by atoms with E-state index in [1.54, 1.807) is 16.7 Å². The predicted molar refractivity (Wildman–Crippen MR) is 77.2 cm³/mol. The van der Waals surface area contributed by atoms with Gasteiger partial charge in [-0.1, -0.05) is 24.3 Å². The fourth-order valence-corrected chi connectivity index (χ4v) is 2.18. The van der Waals surface area contributed by atoms with E-state index in [9.17, 15) is 4.79 Å². The Morgan fingerprint density at radius 2 is 1.95 bits per heavy atom. The summed E-state index contributed by atoms with van der Waals surface area (Å²) in [5.41, 5.74) is 1.34. The van der Waals surface area contributed by atoms with Crippen LogP contribution in [0.5, 0.6) is 0 Å². The van der Waals surface area contributed by atoms with Gasteiger partial charge in [-0.3, -0.25) is 14.5 Å². The number of amides is 1. The van der Waals surface area contributed by atoms with Gasteiger partial charge in [-0.25, -0.2) is 0 Å². The Bertz CT molecular complexity index is 921. The van der Waals surface area contributed by atoms with Gasteiger partial charge in [-0.05, 0) is 24.3 Å². The standard InChI is InChI=1S/C15H10N4O2/c20-14(12-9-10-5-1-2-6-11(10)21-12)16-15-18-17-13-7-3-4-8-19(13)15/h1-9H,(H,16,18,20). The summed E-state index contributed by atoms with van der Waals surface area (Å²) >= 11 is 0. The Kier molecular flexibility index (Phi) is 2.47. The summed E-state index contributed by atoms with van der Waals surface area (Å²) in [6.07, 6.45) is 1.78. The number of fused-ring (bicyclic) bond motifs is 2. The van der Waals surface area contributed by atoms with Crippen LogP contribution < -0.4 is 5.32 Å². The van der Waals surface area contributed by atoms with E-state index in [2.05, 4.69) is 15.5 Å². The molecule has 0 aliphatic rings. The molecule has 0 aliphatic carbocycles. The third-order valence-corrected chi connectivity index (χ3v) is 3.19. The molecule has 0 spiro atoms. The van der Waals surface area contributed by atoms with Gasteiger partial charge in [0.05, 0.1) is 0 Å². The number of nitrogens with one attached hydrogen (secondary N) is 1. The number of anilines is 1. The van der Waals surface area contributed by atoms with E-state index in [4.69, 9.17) is 4.42 Å². The summed E-state index contributed by atoms with van der Waals surface area (Å²) in [6.45, 7) is 0. The lowest BCUT2D eigenvalue weighted by Crippen LogP contribution is -2.13. The van der Waals surface area contributed by atoms with Crippen LogP contribution in [0.2, 0.25) is 0 Å². The molecule has 0 bridgehead atoms. The molecular formula is C15H10N4O2. The second-order valence-electron chi connectivity index (χ2n) is 4.56. The number of para-hydroxylation sites is 1. The van der Waals surface area contributed by atoms with Crippen molar-refractivity contribution in [1.29, 1.82) is 0 Å². The number of carbonyl (C=O) groups excluding carboxylic acids is 1. The monoisotopic (exact) mass is 278 g/mol. The molecule has 1 amide bonds. The zero-order chi connectivity index (χ0) is 14.2. The molecule has 6 heteroatoms. The molecule has 1 aromatic carbocycles. The first-order valence-corrected chi connectivity index (χ1v) is 6.41. The molecule has 0 saturated heterocycles. The molecule has 3 heterocycles. The maximum Gasteiger partial charge on any atom is 0.293 e. The largest absolute Gasteiger partial charge is 0.451 e. The number of hydrogen-bond donors (Lipinski definition) is 1. The second kappa shape index (κ2) is 4.45. The van der Waals surface area contributed by atoms with Crippen LogP contribution in [0.1, 0.15) is 10.6 Å². The highest BCUT2D eigenvalue weighted by molar-refractivity contribution is 6.03. The van der Waals surface area contributed by atoms with E-state index in [0.717, 1.165) is 5.39 Å². The van der Waals surface area contributed by atoms with Crippen LogP contribution in [0.3, 0.4) is 0 Å². The van der Waals surface area contributed by atoms with Crippen molar-refractivity contribution in [1.82, 2.24) is 14.6 Å². The molecule has 0 fully saturated rings. The summed E-state index contributed by atoms with van der Waals surface area (Å²) in [5, 5.41) is 11.5. The minimum Gasteiger partial charge on any atom is -0.451 e. The van der Waals surface area contributed by atoms with E-state index in [-0.39, 0.29) is 11.7 Å². The van der Waals surface area contributed by atoms with Crippen LogP contribution in [0.25, 0.3) is 16.6 Å². The van der Waals surface area contributed by atoms with Crippen molar-refractivity contribution in [2.75, 3.05) is 5.32 Å². The lowest BCUT2D eigenvalue weighted by atomic mass is 10.2. The van der Waals surface area contributed by atoms with Crippen molar-refractivity contribution in [3.8, 4) is 0 Å². The van der Waals surface area contributed by atoms with E-state index >= 15 is 0 Å². The Morgan fingerprint density at radius 1 is 1.10 bits per heavy atom. The second-order valence-corrected chi connectivity index (χ2v) is 4.56. The SMILES string of the molecule is O=C(Nc1nnc2ccccn12)c1cc2ccccc2o1. The third kappa shape index (κ3) is 1.93. The molecule has 0 radical (unpaired) electrons.